The number of hydrogen-bond acceptors (Lipinski definition) is 7. The van der Waals surface area contributed by atoms with E-state index in [4.69, 9.17) is 28.3 Å². The molecule has 0 aliphatic heterocycles. The second kappa shape index (κ2) is 10.2. The lowest BCUT2D eigenvalue weighted by atomic mass is 10.0. The molecule has 0 aliphatic carbocycles. The normalized spacial score (nSPS) is 12.9. The van der Waals surface area contributed by atoms with Crippen LogP contribution >= 0.6 is 23.2 Å². The quantitative estimate of drug-likeness (QED) is 0.214. The third-order valence-electron chi connectivity index (χ3n) is 5.06. The van der Waals surface area contributed by atoms with Gasteiger partial charge in [-0.2, -0.15) is 5.10 Å². The first-order valence-corrected chi connectivity index (χ1v) is 12.5. The first-order chi connectivity index (χ1) is 17.0. The van der Waals surface area contributed by atoms with Crippen LogP contribution in [0, 0.1) is 0 Å². The Balaban J connectivity index is 1.82. The van der Waals surface area contributed by atoms with E-state index in [1.54, 1.807) is 12.1 Å². The number of hydrogen-bond donors (Lipinski definition) is 4. The molecule has 184 valence electrons. The number of carbonyl (C=O) groups excluding carboxylic acids is 1. The third-order valence-corrected chi connectivity index (χ3v) is 6.51. The van der Waals surface area contributed by atoms with Crippen LogP contribution < -0.4 is 16.1 Å². The average Bonchev–Trinajstić information content (AvgIpc) is 2.84. The number of halogens is 2. The molecule has 0 aliphatic rings. The number of nitrogens with zero attached hydrogens (tertiary/aromatic N) is 2. The van der Waals surface area contributed by atoms with E-state index in [1.165, 1.54) is 48.5 Å². The summed E-state index contributed by atoms with van der Waals surface area (Å²) in [4.78, 5) is 32.2. The van der Waals surface area contributed by atoms with Crippen molar-refractivity contribution < 1.29 is 18.3 Å². The molecule has 36 heavy (non-hydrogen) atoms. The molecule has 5 N–H and O–H groups in total. The van der Waals surface area contributed by atoms with Crippen LogP contribution in [0.2, 0.25) is 10.0 Å². The van der Waals surface area contributed by atoms with E-state index in [0.717, 1.165) is 6.07 Å². The Morgan fingerprint density at radius 3 is 2.42 bits per heavy atom. The fourth-order valence-electron chi connectivity index (χ4n) is 3.35. The summed E-state index contributed by atoms with van der Waals surface area (Å²) in [6.45, 7) is 0. The number of sulfonamides is 1. The lowest BCUT2D eigenvalue weighted by molar-refractivity contribution is 0.0951. The Bertz CT molecular complexity index is 1670. The first-order valence-electron chi connectivity index (χ1n) is 10.2. The molecule has 0 spiro atoms. The van der Waals surface area contributed by atoms with Crippen molar-refractivity contribution in [1.82, 2.24) is 15.4 Å². The van der Waals surface area contributed by atoms with Crippen LogP contribution in [0.3, 0.4) is 0 Å². The minimum Gasteiger partial charge on any atom is -0.382 e. The lowest BCUT2D eigenvalue weighted by Gasteiger charge is -2.15. The van der Waals surface area contributed by atoms with Crippen LogP contribution in [0.1, 0.15) is 27.7 Å². The smallest absolute Gasteiger partial charge is 0.276 e. The molecule has 1 atom stereocenters. The van der Waals surface area contributed by atoms with Gasteiger partial charge in [0, 0.05) is 10.0 Å². The highest BCUT2D eigenvalue weighted by molar-refractivity contribution is 7.89. The van der Waals surface area contributed by atoms with Crippen molar-refractivity contribution in [2.24, 2.45) is 10.2 Å². The van der Waals surface area contributed by atoms with Gasteiger partial charge in [0.05, 0.1) is 21.5 Å². The number of H-pyrrole nitrogens is 1. The van der Waals surface area contributed by atoms with E-state index in [1.807, 2.05) is 0 Å². The minimum absolute atomic E-state index is 0.279. The van der Waals surface area contributed by atoms with Crippen LogP contribution in [0.15, 0.2) is 81.5 Å². The van der Waals surface area contributed by atoms with Crippen molar-refractivity contribution in [3.8, 4) is 0 Å². The molecule has 10 nitrogen and oxygen atoms in total. The Kier molecular flexibility index (Phi) is 7.20. The number of carbonyl (C=O) groups is 1. The van der Waals surface area contributed by atoms with Gasteiger partial charge in [0.1, 0.15) is 11.8 Å². The number of hydrazone groups is 1. The highest BCUT2D eigenvalue weighted by atomic mass is 35.5. The number of benzene rings is 3. The van der Waals surface area contributed by atoms with Gasteiger partial charge in [0.2, 0.25) is 10.0 Å². The SMILES string of the molecule is NS(=O)(=O)c1ccccc1C(=O)N/N=C(/c1nc2ccc(Cl)cc2[nH]c1=O)C(O)c1ccc(Cl)cc1. The highest BCUT2D eigenvalue weighted by Gasteiger charge is 2.24. The summed E-state index contributed by atoms with van der Waals surface area (Å²) in [7, 11) is -4.22. The molecule has 1 amide bonds. The molecule has 3 aromatic carbocycles. The largest absolute Gasteiger partial charge is 0.382 e. The molecular formula is C23H17Cl2N5O5S. The molecule has 0 bridgehead atoms. The van der Waals surface area contributed by atoms with E-state index in [2.05, 4.69) is 20.5 Å². The first kappa shape index (κ1) is 25.5. The van der Waals surface area contributed by atoms with Gasteiger partial charge < -0.3 is 10.1 Å². The maximum atomic E-state index is 12.9. The summed E-state index contributed by atoms with van der Waals surface area (Å²) >= 11 is 11.9. The molecule has 13 heteroatoms. The number of aliphatic hydroxyl groups is 1. The Hall–Kier alpha value is -3.61. The number of amides is 1. The number of nitrogens with one attached hydrogen (secondary N) is 2. The molecule has 1 heterocycles. The van der Waals surface area contributed by atoms with Crippen LogP contribution in [0.4, 0.5) is 0 Å². The predicted octanol–water partition coefficient (Wildman–Crippen LogP) is 2.75. The van der Waals surface area contributed by atoms with Gasteiger partial charge >= 0.3 is 0 Å². The second-order valence-corrected chi connectivity index (χ2v) is 9.91. The molecule has 4 rings (SSSR count). The predicted molar refractivity (Wildman–Crippen MR) is 136 cm³/mol. The van der Waals surface area contributed by atoms with Crippen LogP contribution in [-0.2, 0) is 10.0 Å². The average molecular weight is 546 g/mol. The molecule has 0 radical (unpaired) electrons. The van der Waals surface area contributed by atoms with Crippen molar-refractivity contribution in [3.05, 3.63) is 104 Å². The zero-order valence-corrected chi connectivity index (χ0v) is 20.5. The Morgan fingerprint density at radius 2 is 1.72 bits per heavy atom. The summed E-state index contributed by atoms with van der Waals surface area (Å²) in [5, 5.41) is 21.0. The van der Waals surface area contributed by atoms with Crippen molar-refractivity contribution in [2.75, 3.05) is 0 Å². The number of aliphatic hydroxyl groups excluding tert-OH is 1. The fraction of sp³-hybridized carbons (Fsp3) is 0.0435. The number of aromatic amines is 1. The number of rotatable bonds is 6. The van der Waals surface area contributed by atoms with Gasteiger partial charge in [-0.3, -0.25) is 9.59 Å². The minimum atomic E-state index is -4.22. The van der Waals surface area contributed by atoms with Gasteiger partial charge in [0.15, 0.2) is 5.69 Å². The molecule has 4 aromatic rings. The van der Waals surface area contributed by atoms with Gasteiger partial charge in [-0.15, -0.1) is 0 Å². The molecular weight excluding hydrogens is 529 g/mol. The van der Waals surface area contributed by atoms with Gasteiger partial charge in [0.25, 0.3) is 11.5 Å². The van der Waals surface area contributed by atoms with Gasteiger partial charge in [-0.05, 0) is 48.0 Å². The van der Waals surface area contributed by atoms with E-state index >= 15 is 0 Å². The standard InChI is InChI=1S/C23H17Cl2N5O5S/c24-13-7-5-12(6-8-13)21(31)19(20-23(33)28-17-11-14(25)9-10-16(17)27-20)29-30-22(32)15-3-1-2-4-18(15)36(26,34)35/h1-11,21,31H,(H,28,33)(H,30,32)(H2,26,34,35)/b29-19-. The monoisotopic (exact) mass is 545 g/mol. The summed E-state index contributed by atoms with van der Waals surface area (Å²) in [6, 6.07) is 16.0. The van der Waals surface area contributed by atoms with Crippen molar-refractivity contribution >= 4 is 55.9 Å². The molecule has 0 saturated heterocycles. The van der Waals surface area contributed by atoms with Gasteiger partial charge in [-0.25, -0.2) is 24.0 Å². The topological polar surface area (TPSA) is 168 Å². The molecule has 0 fully saturated rings. The van der Waals surface area contributed by atoms with E-state index < -0.39 is 32.5 Å². The van der Waals surface area contributed by atoms with Gasteiger partial charge in [-0.1, -0.05) is 47.5 Å². The highest BCUT2D eigenvalue weighted by Crippen LogP contribution is 2.21. The van der Waals surface area contributed by atoms with E-state index in [-0.39, 0.29) is 17.0 Å². The second-order valence-electron chi connectivity index (χ2n) is 7.51. The van der Waals surface area contributed by atoms with Crippen LogP contribution in [-0.4, -0.2) is 35.1 Å². The van der Waals surface area contributed by atoms with Crippen LogP contribution in [0.25, 0.3) is 11.0 Å². The zero-order chi connectivity index (χ0) is 26.0. The maximum absolute atomic E-state index is 12.9. The van der Waals surface area contributed by atoms with E-state index in [0.29, 0.717) is 26.6 Å². The molecule has 1 unspecified atom stereocenters. The number of aromatic nitrogens is 2. The third kappa shape index (κ3) is 5.45. The fourth-order valence-corrected chi connectivity index (χ4v) is 4.39. The van der Waals surface area contributed by atoms with Crippen LogP contribution in [0.5, 0.6) is 0 Å². The Labute approximate surface area is 214 Å². The number of nitrogens with two attached hydrogens (primary N) is 1. The summed E-state index contributed by atoms with van der Waals surface area (Å²) < 4.78 is 23.8. The van der Waals surface area contributed by atoms with Crippen molar-refractivity contribution in [1.29, 1.82) is 0 Å². The zero-order valence-electron chi connectivity index (χ0n) is 18.1. The summed E-state index contributed by atoms with van der Waals surface area (Å²) in [5.74, 6) is -0.940. The lowest BCUT2D eigenvalue weighted by Crippen LogP contribution is -2.30. The number of fused-ring (bicyclic) bond motifs is 1. The Morgan fingerprint density at radius 1 is 1.06 bits per heavy atom. The van der Waals surface area contributed by atoms with Crippen molar-refractivity contribution in [2.45, 2.75) is 11.0 Å². The molecule has 0 saturated carbocycles. The maximum Gasteiger partial charge on any atom is 0.276 e. The van der Waals surface area contributed by atoms with E-state index in [9.17, 15) is 23.1 Å². The molecule has 1 aromatic heterocycles. The van der Waals surface area contributed by atoms with Crippen molar-refractivity contribution in [3.63, 3.8) is 0 Å². The summed E-state index contributed by atoms with van der Waals surface area (Å²) in [6.07, 6.45) is -1.52. The summed E-state index contributed by atoms with van der Waals surface area (Å²) in [5.41, 5.74) is 1.60. The number of primary sulfonamides is 1.